The highest BCUT2D eigenvalue weighted by Crippen LogP contribution is 2.20. The summed E-state index contributed by atoms with van der Waals surface area (Å²) in [5.74, 6) is 0. The monoisotopic (exact) mass is 253 g/mol. The van der Waals surface area contributed by atoms with Crippen molar-refractivity contribution in [1.29, 1.82) is 0 Å². The van der Waals surface area contributed by atoms with Crippen LogP contribution in [0.15, 0.2) is 11.6 Å². The normalized spacial score (nSPS) is 22.2. The van der Waals surface area contributed by atoms with Gasteiger partial charge in [-0.15, -0.1) is 11.3 Å². The zero-order valence-electron chi connectivity index (χ0n) is 11.1. The maximum absolute atomic E-state index is 4.38. The second kappa shape index (κ2) is 5.46. The fraction of sp³-hybridized carbons (Fsp3) is 0.769. The second-order valence-corrected chi connectivity index (χ2v) is 6.80. The summed E-state index contributed by atoms with van der Waals surface area (Å²) in [5, 5.41) is 6.92. The van der Waals surface area contributed by atoms with Crippen LogP contribution in [0.1, 0.15) is 38.6 Å². The molecule has 17 heavy (non-hydrogen) atoms. The molecule has 0 saturated carbocycles. The molecule has 1 aromatic rings. The molecular formula is C13H23N3S. The van der Waals surface area contributed by atoms with Crippen molar-refractivity contribution in [3.8, 4) is 0 Å². The Labute approximate surface area is 108 Å². The number of aromatic nitrogens is 1. The van der Waals surface area contributed by atoms with E-state index in [0.717, 1.165) is 13.1 Å². The Morgan fingerprint density at radius 3 is 3.00 bits per heavy atom. The lowest BCUT2D eigenvalue weighted by Gasteiger charge is -2.28. The number of likely N-dealkylation sites (tertiary alicyclic amines) is 1. The van der Waals surface area contributed by atoms with E-state index in [-0.39, 0.29) is 5.54 Å². The summed E-state index contributed by atoms with van der Waals surface area (Å²) in [7, 11) is 0. The fourth-order valence-electron chi connectivity index (χ4n) is 2.26. The molecule has 1 aliphatic heterocycles. The van der Waals surface area contributed by atoms with Gasteiger partial charge in [0.2, 0.25) is 0 Å². The molecule has 0 radical (unpaired) electrons. The summed E-state index contributed by atoms with van der Waals surface area (Å²) in [6.45, 7) is 10.0. The minimum Gasteiger partial charge on any atom is -0.311 e. The van der Waals surface area contributed by atoms with Crippen molar-refractivity contribution in [2.75, 3.05) is 13.1 Å². The molecule has 0 aliphatic carbocycles. The van der Waals surface area contributed by atoms with Crippen molar-refractivity contribution in [3.05, 3.63) is 16.6 Å². The SMILES string of the molecule is CC(C)(C)NCC1CCCN1Cc1nccs1. The zero-order chi connectivity index (χ0) is 12.3. The van der Waals surface area contributed by atoms with E-state index in [0.29, 0.717) is 6.04 Å². The van der Waals surface area contributed by atoms with Gasteiger partial charge in [0.15, 0.2) is 0 Å². The quantitative estimate of drug-likeness (QED) is 0.893. The highest BCUT2D eigenvalue weighted by atomic mass is 32.1. The maximum atomic E-state index is 4.38. The van der Waals surface area contributed by atoms with Gasteiger partial charge in [-0.25, -0.2) is 4.98 Å². The maximum Gasteiger partial charge on any atom is 0.107 e. The van der Waals surface area contributed by atoms with E-state index in [4.69, 9.17) is 0 Å². The Morgan fingerprint density at radius 1 is 1.53 bits per heavy atom. The number of rotatable bonds is 4. The minimum absolute atomic E-state index is 0.218. The molecule has 2 heterocycles. The van der Waals surface area contributed by atoms with Crippen molar-refractivity contribution in [1.82, 2.24) is 15.2 Å². The first kappa shape index (κ1) is 13.0. The average Bonchev–Trinajstić information content (AvgIpc) is 2.86. The Morgan fingerprint density at radius 2 is 2.35 bits per heavy atom. The summed E-state index contributed by atoms with van der Waals surface area (Å²) in [6.07, 6.45) is 4.54. The van der Waals surface area contributed by atoms with Gasteiger partial charge in [0.05, 0.1) is 6.54 Å². The summed E-state index contributed by atoms with van der Waals surface area (Å²) in [6, 6.07) is 0.679. The highest BCUT2D eigenvalue weighted by Gasteiger charge is 2.26. The summed E-state index contributed by atoms with van der Waals surface area (Å²) in [4.78, 5) is 6.95. The van der Waals surface area contributed by atoms with Gasteiger partial charge in [0.25, 0.3) is 0 Å². The standard InChI is InChI=1S/C13H23N3S/c1-13(2,3)15-9-11-5-4-7-16(11)10-12-14-6-8-17-12/h6,8,11,15H,4-5,7,9-10H2,1-3H3. The highest BCUT2D eigenvalue weighted by molar-refractivity contribution is 7.09. The molecule has 2 rings (SSSR count). The second-order valence-electron chi connectivity index (χ2n) is 5.82. The molecule has 4 heteroatoms. The first-order valence-electron chi connectivity index (χ1n) is 6.42. The van der Waals surface area contributed by atoms with E-state index in [1.54, 1.807) is 11.3 Å². The summed E-state index contributed by atoms with van der Waals surface area (Å²) >= 11 is 1.76. The largest absolute Gasteiger partial charge is 0.311 e. The Bertz CT molecular complexity index is 329. The van der Waals surface area contributed by atoms with E-state index in [1.165, 1.54) is 24.4 Å². The number of hydrogen-bond acceptors (Lipinski definition) is 4. The number of nitrogens with zero attached hydrogens (tertiary/aromatic N) is 2. The van der Waals surface area contributed by atoms with Crippen LogP contribution in [-0.4, -0.2) is 34.6 Å². The van der Waals surface area contributed by atoms with Gasteiger partial charge in [-0.2, -0.15) is 0 Å². The molecule has 3 nitrogen and oxygen atoms in total. The van der Waals surface area contributed by atoms with Crippen molar-refractivity contribution >= 4 is 11.3 Å². The molecule has 1 unspecified atom stereocenters. The molecule has 0 bridgehead atoms. The van der Waals surface area contributed by atoms with Crippen LogP contribution in [0.3, 0.4) is 0 Å². The summed E-state index contributed by atoms with van der Waals surface area (Å²) in [5.41, 5.74) is 0.218. The molecule has 1 saturated heterocycles. The number of hydrogen-bond donors (Lipinski definition) is 1. The first-order chi connectivity index (χ1) is 8.04. The van der Waals surface area contributed by atoms with Crippen LogP contribution in [-0.2, 0) is 6.54 Å². The molecule has 1 N–H and O–H groups in total. The summed E-state index contributed by atoms with van der Waals surface area (Å²) < 4.78 is 0. The van der Waals surface area contributed by atoms with Crippen LogP contribution in [0.25, 0.3) is 0 Å². The predicted molar refractivity (Wildman–Crippen MR) is 73.3 cm³/mol. The van der Waals surface area contributed by atoms with Gasteiger partial charge in [-0.1, -0.05) is 0 Å². The average molecular weight is 253 g/mol. The molecule has 0 aromatic carbocycles. The topological polar surface area (TPSA) is 28.2 Å². The van der Waals surface area contributed by atoms with E-state index < -0.39 is 0 Å². The van der Waals surface area contributed by atoms with Crippen molar-refractivity contribution in [3.63, 3.8) is 0 Å². The minimum atomic E-state index is 0.218. The van der Waals surface area contributed by atoms with E-state index >= 15 is 0 Å². The van der Waals surface area contributed by atoms with E-state index in [1.807, 2.05) is 6.20 Å². The van der Waals surface area contributed by atoms with E-state index in [2.05, 4.69) is 41.4 Å². The van der Waals surface area contributed by atoms with Gasteiger partial charge in [0, 0.05) is 29.7 Å². The Hall–Kier alpha value is -0.450. The van der Waals surface area contributed by atoms with Crippen LogP contribution in [0.2, 0.25) is 0 Å². The molecular weight excluding hydrogens is 230 g/mol. The predicted octanol–water partition coefficient (Wildman–Crippen LogP) is 2.50. The molecule has 1 aromatic heterocycles. The smallest absolute Gasteiger partial charge is 0.107 e. The number of thiazole rings is 1. The van der Waals surface area contributed by atoms with Crippen LogP contribution in [0.5, 0.6) is 0 Å². The van der Waals surface area contributed by atoms with Crippen LogP contribution < -0.4 is 5.32 Å². The molecule has 1 atom stereocenters. The lowest BCUT2D eigenvalue weighted by Crippen LogP contribution is -2.44. The molecule has 1 aliphatic rings. The first-order valence-corrected chi connectivity index (χ1v) is 7.30. The lowest BCUT2D eigenvalue weighted by molar-refractivity contribution is 0.225. The Balaban J connectivity index is 1.85. The van der Waals surface area contributed by atoms with Crippen molar-refractivity contribution < 1.29 is 0 Å². The fourth-order valence-corrected chi connectivity index (χ4v) is 2.90. The molecule has 96 valence electrons. The van der Waals surface area contributed by atoms with Gasteiger partial charge in [-0.05, 0) is 40.2 Å². The third-order valence-electron chi connectivity index (χ3n) is 3.19. The van der Waals surface area contributed by atoms with Gasteiger partial charge < -0.3 is 5.32 Å². The third kappa shape index (κ3) is 4.05. The Kier molecular flexibility index (Phi) is 4.17. The van der Waals surface area contributed by atoms with Crippen LogP contribution in [0, 0.1) is 0 Å². The molecule has 1 fully saturated rings. The third-order valence-corrected chi connectivity index (χ3v) is 3.95. The zero-order valence-corrected chi connectivity index (χ0v) is 11.9. The van der Waals surface area contributed by atoms with Gasteiger partial charge in [-0.3, -0.25) is 4.90 Å². The van der Waals surface area contributed by atoms with E-state index in [9.17, 15) is 0 Å². The number of nitrogens with one attached hydrogen (secondary N) is 1. The lowest BCUT2D eigenvalue weighted by atomic mass is 10.1. The van der Waals surface area contributed by atoms with Gasteiger partial charge in [0.1, 0.15) is 5.01 Å². The van der Waals surface area contributed by atoms with Crippen molar-refractivity contribution in [2.24, 2.45) is 0 Å². The van der Waals surface area contributed by atoms with Crippen molar-refractivity contribution in [2.45, 2.75) is 51.7 Å². The molecule has 0 spiro atoms. The molecule has 0 amide bonds. The van der Waals surface area contributed by atoms with Crippen LogP contribution >= 0.6 is 11.3 Å². The van der Waals surface area contributed by atoms with Crippen LogP contribution in [0.4, 0.5) is 0 Å². The van der Waals surface area contributed by atoms with Gasteiger partial charge >= 0.3 is 0 Å².